The van der Waals surface area contributed by atoms with Gasteiger partial charge in [0.05, 0.1) is 5.69 Å². The topological polar surface area (TPSA) is 47.3 Å². The van der Waals surface area contributed by atoms with E-state index in [2.05, 4.69) is 31.0 Å². The second kappa shape index (κ2) is 3.40. The third kappa shape index (κ3) is 1.60. The maximum absolute atomic E-state index is 11.6. The largest absolute Gasteiger partial charge is 0.293 e. The highest BCUT2D eigenvalue weighted by Gasteiger charge is 2.22. The fourth-order valence-corrected chi connectivity index (χ4v) is 1.70. The molecule has 84 valence electrons. The number of hydrogen-bond acceptors (Lipinski definition) is 3. The van der Waals surface area contributed by atoms with E-state index in [1.807, 2.05) is 16.5 Å². The van der Waals surface area contributed by atoms with Crippen LogP contribution in [0.15, 0.2) is 18.2 Å². The monoisotopic (exact) mass is 217 g/mol. The van der Waals surface area contributed by atoms with Gasteiger partial charge in [-0.3, -0.25) is 9.20 Å². The van der Waals surface area contributed by atoms with Crippen molar-refractivity contribution in [2.75, 3.05) is 0 Å². The molecule has 4 heteroatoms. The Hall–Kier alpha value is -1.71. The summed E-state index contributed by atoms with van der Waals surface area (Å²) in [6.45, 7) is 7.72. The number of carbonyl (C=O) groups excluding carboxylic acids is 1. The first-order valence-corrected chi connectivity index (χ1v) is 5.27. The van der Waals surface area contributed by atoms with Crippen molar-refractivity contribution in [2.45, 2.75) is 33.1 Å². The number of fused-ring (bicyclic) bond motifs is 1. The second-order valence-electron chi connectivity index (χ2n) is 4.93. The molecule has 0 unspecified atom stereocenters. The number of aromatic nitrogens is 3. The van der Waals surface area contributed by atoms with Crippen molar-refractivity contribution < 1.29 is 4.79 Å². The van der Waals surface area contributed by atoms with Crippen molar-refractivity contribution in [2.24, 2.45) is 0 Å². The number of nitrogens with zero attached hydrogens (tertiary/aromatic N) is 3. The minimum absolute atomic E-state index is 0.0240. The first-order chi connectivity index (χ1) is 7.41. The zero-order chi connectivity index (χ0) is 11.9. The summed E-state index contributed by atoms with van der Waals surface area (Å²) in [5, 5.41) is 8.26. The van der Waals surface area contributed by atoms with E-state index in [9.17, 15) is 4.79 Å². The lowest BCUT2D eigenvalue weighted by Gasteiger charge is -2.16. The van der Waals surface area contributed by atoms with Crippen LogP contribution in [0.3, 0.4) is 0 Å². The molecule has 16 heavy (non-hydrogen) atoms. The Bertz CT molecular complexity index is 549. The Morgan fingerprint density at radius 3 is 2.50 bits per heavy atom. The molecule has 0 bridgehead atoms. The maximum atomic E-state index is 11.6. The van der Waals surface area contributed by atoms with Crippen LogP contribution in [0.25, 0.3) is 5.65 Å². The van der Waals surface area contributed by atoms with E-state index in [0.29, 0.717) is 5.69 Å². The summed E-state index contributed by atoms with van der Waals surface area (Å²) in [5.41, 5.74) is 1.22. The van der Waals surface area contributed by atoms with Gasteiger partial charge in [-0.2, -0.15) is 0 Å². The predicted octanol–water partition coefficient (Wildman–Crippen LogP) is 2.23. The van der Waals surface area contributed by atoms with Crippen LogP contribution in [-0.2, 0) is 5.41 Å². The van der Waals surface area contributed by atoms with Gasteiger partial charge in [-0.1, -0.05) is 26.8 Å². The molecule has 2 aromatic rings. The zero-order valence-corrected chi connectivity index (χ0v) is 9.98. The summed E-state index contributed by atoms with van der Waals surface area (Å²) >= 11 is 0. The van der Waals surface area contributed by atoms with Gasteiger partial charge in [0.1, 0.15) is 5.82 Å². The average molecular weight is 217 g/mol. The van der Waals surface area contributed by atoms with Gasteiger partial charge in [-0.15, -0.1) is 10.2 Å². The van der Waals surface area contributed by atoms with Gasteiger partial charge in [-0.25, -0.2) is 0 Å². The van der Waals surface area contributed by atoms with Gasteiger partial charge in [0.25, 0.3) is 0 Å². The Balaban J connectivity index is 2.83. The SMILES string of the molecule is CC(=O)c1cccc2nnc(C(C)(C)C)n12. The van der Waals surface area contributed by atoms with Crippen molar-refractivity contribution >= 4 is 11.4 Å². The van der Waals surface area contributed by atoms with E-state index in [1.54, 1.807) is 13.0 Å². The summed E-state index contributed by atoms with van der Waals surface area (Å²) in [4.78, 5) is 11.6. The number of pyridine rings is 1. The molecule has 2 heterocycles. The number of carbonyl (C=O) groups is 1. The summed E-state index contributed by atoms with van der Waals surface area (Å²) < 4.78 is 1.84. The van der Waals surface area contributed by atoms with E-state index in [4.69, 9.17) is 0 Å². The standard InChI is InChI=1S/C12H15N3O/c1-8(16)9-6-5-7-10-13-14-11(15(9)10)12(2,3)4/h5-7H,1-4H3. The lowest BCUT2D eigenvalue weighted by Crippen LogP contribution is -2.18. The van der Waals surface area contributed by atoms with Crippen molar-refractivity contribution in [3.63, 3.8) is 0 Å². The van der Waals surface area contributed by atoms with Crippen LogP contribution in [0.2, 0.25) is 0 Å². The molecule has 2 rings (SSSR count). The van der Waals surface area contributed by atoms with Crippen LogP contribution in [-0.4, -0.2) is 20.4 Å². The second-order valence-corrected chi connectivity index (χ2v) is 4.93. The van der Waals surface area contributed by atoms with Gasteiger partial charge in [-0.05, 0) is 12.1 Å². The zero-order valence-electron chi connectivity index (χ0n) is 9.98. The van der Waals surface area contributed by atoms with E-state index in [-0.39, 0.29) is 11.2 Å². The lowest BCUT2D eigenvalue weighted by atomic mass is 9.95. The first-order valence-electron chi connectivity index (χ1n) is 5.27. The Labute approximate surface area is 94.3 Å². The molecular formula is C12H15N3O. The van der Waals surface area contributed by atoms with Crippen LogP contribution in [0, 0.1) is 0 Å². The minimum atomic E-state index is -0.134. The van der Waals surface area contributed by atoms with E-state index in [1.165, 1.54) is 0 Å². The molecule has 0 aliphatic heterocycles. The van der Waals surface area contributed by atoms with Gasteiger partial charge >= 0.3 is 0 Å². The Morgan fingerprint density at radius 1 is 1.25 bits per heavy atom. The molecule has 2 aromatic heterocycles. The van der Waals surface area contributed by atoms with Crippen molar-refractivity contribution in [1.29, 1.82) is 0 Å². The van der Waals surface area contributed by atoms with E-state index in [0.717, 1.165) is 11.5 Å². The number of rotatable bonds is 1. The van der Waals surface area contributed by atoms with Gasteiger partial charge in [0.15, 0.2) is 11.4 Å². The molecule has 0 fully saturated rings. The van der Waals surface area contributed by atoms with Crippen LogP contribution in [0.4, 0.5) is 0 Å². The minimum Gasteiger partial charge on any atom is -0.293 e. The molecule has 0 aliphatic rings. The van der Waals surface area contributed by atoms with E-state index >= 15 is 0 Å². The van der Waals surface area contributed by atoms with E-state index < -0.39 is 0 Å². The smallest absolute Gasteiger partial charge is 0.176 e. The Morgan fingerprint density at radius 2 is 1.94 bits per heavy atom. The molecular weight excluding hydrogens is 202 g/mol. The fourth-order valence-electron chi connectivity index (χ4n) is 1.70. The molecule has 0 radical (unpaired) electrons. The molecule has 0 amide bonds. The maximum Gasteiger partial charge on any atom is 0.176 e. The van der Waals surface area contributed by atoms with Crippen LogP contribution in [0.1, 0.15) is 44.0 Å². The number of ketones is 1. The van der Waals surface area contributed by atoms with Crippen LogP contribution in [0.5, 0.6) is 0 Å². The highest BCUT2D eigenvalue weighted by molar-refractivity contribution is 5.93. The molecule has 0 aromatic carbocycles. The van der Waals surface area contributed by atoms with Crippen molar-refractivity contribution in [3.05, 3.63) is 29.7 Å². The summed E-state index contributed by atoms with van der Waals surface area (Å²) in [5.74, 6) is 0.837. The fraction of sp³-hybridized carbons (Fsp3) is 0.417. The van der Waals surface area contributed by atoms with Crippen LogP contribution < -0.4 is 0 Å². The predicted molar refractivity (Wildman–Crippen MR) is 61.7 cm³/mol. The quantitative estimate of drug-likeness (QED) is 0.688. The normalized spacial score (nSPS) is 12.0. The average Bonchev–Trinajstić information content (AvgIpc) is 2.59. The Kier molecular flexibility index (Phi) is 2.30. The molecule has 0 aliphatic carbocycles. The molecule has 0 saturated carbocycles. The van der Waals surface area contributed by atoms with Gasteiger partial charge in [0.2, 0.25) is 0 Å². The summed E-state index contributed by atoms with van der Waals surface area (Å²) in [6.07, 6.45) is 0. The molecule has 0 N–H and O–H groups in total. The highest BCUT2D eigenvalue weighted by Crippen LogP contribution is 2.22. The first kappa shape index (κ1) is 10.8. The van der Waals surface area contributed by atoms with Gasteiger partial charge in [0, 0.05) is 12.3 Å². The summed E-state index contributed by atoms with van der Waals surface area (Å²) in [6, 6.07) is 5.48. The highest BCUT2D eigenvalue weighted by atomic mass is 16.1. The third-order valence-electron chi connectivity index (χ3n) is 2.46. The molecule has 0 atom stereocenters. The third-order valence-corrected chi connectivity index (χ3v) is 2.46. The lowest BCUT2D eigenvalue weighted by molar-refractivity contribution is 0.101. The molecule has 0 saturated heterocycles. The van der Waals surface area contributed by atoms with Crippen molar-refractivity contribution in [3.8, 4) is 0 Å². The molecule has 0 spiro atoms. The van der Waals surface area contributed by atoms with Crippen LogP contribution >= 0.6 is 0 Å². The number of Topliss-reactive ketones (excluding diaryl/α,β-unsaturated/α-hetero) is 1. The van der Waals surface area contributed by atoms with Gasteiger partial charge < -0.3 is 0 Å². The van der Waals surface area contributed by atoms with Crippen molar-refractivity contribution in [1.82, 2.24) is 14.6 Å². The summed E-state index contributed by atoms with van der Waals surface area (Å²) in [7, 11) is 0. The number of hydrogen-bond donors (Lipinski definition) is 0. The molecule has 4 nitrogen and oxygen atoms in total.